The average molecular weight is 417 g/mol. The summed E-state index contributed by atoms with van der Waals surface area (Å²) >= 11 is 2.87. The van der Waals surface area contributed by atoms with Gasteiger partial charge in [0, 0.05) is 11.9 Å². The van der Waals surface area contributed by atoms with Gasteiger partial charge in [-0.25, -0.2) is 4.98 Å². The lowest BCUT2D eigenvalue weighted by Gasteiger charge is -2.10. The third-order valence-corrected chi connectivity index (χ3v) is 7.16. The molecule has 8 heteroatoms. The lowest BCUT2D eigenvalue weighted by Crippen LogP contribution is -2.20. The summed E-state index contributed by atoms with van der Waals surface area (Å²) in [4.78, 5) is 32.4. The summed E-state index contributed by atoms with van der Waals surface area (Å²) in [5, 5.41) is 1.30. The molecule has 0 fully saturated rings. The van der Waals surface area contributed by atoms with Crippen LogP contribution in [-0.4, -0.2) is 35.3 Å². The largest absolute Gasteiger partial charge is 0.497 e. The van der Waals surface area contributed by atoms with E-state index in [-0.39, 0.29) is 17.1 Å². The highest BCUT2D eigenvalue weighted by atomic mass is 32.2. The fourth-order valence-corrected chi connectivity index (χ4v) is 5.63. The number of hydrogen-bond donors (Lipinski definition) is 0. The van der Waals surface area contributed by atoms with Crippen LogP contribution in [0.15, 0.2) is 28.2 Å². The maximum atomic E-state index is 12.9. The summed E-state index contributed by atoms with van der Waals surface area (Å²) in [6.45, 7) is 0. The summed E-state index contributed by atoms with van der Waals surface area (Å²) in [7, 11) is 4.80. The van der Waals surface area contributed by atoms with Gasteiger partial charge in [0.15, 0.2) is 10.9 Å². The normalized spacial score (nSPS) is 13.0. The van der Waals surface area contributed by atoms with E-state index in [9.17, 15) is 9.59 Å². The van der Waals surface area contributed by atoms with Crippen molar-refractivity contribution < 1.29 is 14.3 Å². The Labute approximate surface area is 170 Å². The van der Waals surface area contributed by atoms with E-state index in [0.29, 0.717) is 22.2 Å². The Morgan fingerprint density at radius 1 is 1.29 bits per heavy atom. The highest BCUT2D eigenvalue weighted by molar-refractivity contribution is 7.99. The maximum absolute atomic E-state index is 12.9. The summed E-state index contributed by atoms with van der Waals surface area (Å²) in [5.74, 6) is 1.14. The standard InChI is InChI=1S/C20H20N2O4S2/c1-22-19(24)17-12-5-4-6-16(12)28-18(17)21-20(22)27-10-14(23)13-9-11(25-2)7-8-15(13)26-3/h7-9H,4-6,10H2,1-3H3. The molecule has 0 aliphatic heterocycles. The van der Waals surface area contributed by atoms with E-state index < -0.39 is 0 Å². The monoisotopic (exact) mass is 416 g/mol. The quantitative estimate of drug-likeness (QED) is 0.348. The minimum absolute atomic E-state index is 0.0293. The molecule has 146 valence electrons. The molecule has 2 heterocycles. The molecule has 0 N–H and O–H groups in total. The third-order valence-electron chi connectivity index (χ3n) is 4.94. The second kappa shape index (κ2) is 7.60. The first-order chi connectivity index (χ1) is 13.5. The highest BCUT2D eigenvalue weighted by Gasteiger charge is 2.23. The maximum Gasteiger partial charge on any atom is 0.262 e. The van der Waals surface area contributed by atoms with Gasteiger partial charge in [0.25, 0.3) is 5.56 Å². The van der Waals surface area contributed by atoms with Crippen molar-refractivity contribution in [1.29, 1.82) is 0 Å². The number of benzene rings is 1. The number of fused-ring (bicyclic) bond motifs is 3. The number of rotatable bonds is 6. The molecule has 0 amide bonds. The molecule has 3 aromatic rings. The molecule has 0 spiro atoms. The van der Waals surface area contributed by atoms with Crippen LogP contribution < -0.4 is 15.0 Å². The number of carbonyl (C=O) groups is 1. The van der Waals surface area contributed by atoms with Gasteiger partial charge in [0.05, 0.1) is 30.9 Å². The Morgan fingerprint density at radius 3 is 2.86 bits per heavy atom. The SMILES string of the molecule is COc1ccc(OC)c(C(=O)CSc2nc3sc4c(c3c(=O)n2C)CCC4)c1. The van der Waals surface area contributed by atoms with Crippen molar-refractivity contribution in [2.45, 2.75) is 24.4 Å². The van der Waals surface area contributed by atoms with Crippen LogP contribution in [0.1, 0.15) is 27.2 Å². The number of Topliss-reactive ketones (excluding diaryl/α,β-unsaturated/α-hetero) is 1. The number of nitrogens with zero attached hydrogens (tertiary/aromatic N) is 2. The van der Waals surface area contributed by atoms with Crippen LogP contribution >= 0.6 is 23.1 Å². The van der Waals surface area contributed by atoms with Crippen molar-refractivity contribution in [2.24, 2.45) is 7.05 Å². The molecule has 4 rings (SSSR count). The van der Waals surface area contributed by atoms with E-state index in [1.165, 1.54) is 29.3 Å². The van der Waals surface area contributed by atoms with Crippen LogP contribution in [0.2, 0.25) is 0 Å². The van der Waals surface area contributed by atoms with E-state index in [2.05, 4.69) is 4.98 Å². The topological polar surface area (TPSA) is 70.4 Å². The van der Waals surface area contributed by atoms with Crippen molar-refractivity contribution in [1.82, 2.24) is 9.55 Å². The number of aryl methyl sites for hydroxylation is 2. The Bertz CT molecular complexity index is 1130. The lowest BCUT2D eigenvalue weighted by molar-refractivity contribution is 0.101. The number of aromatic nitrogens is 2. The fraction of sp³-hybridized carbons (Fsp3) is 0.350. The molecular formula is C20H20N2O4S2. The van der Waals surface area contributed by atoms with Crippen LogP contribution in [0.3, 0.4) is 0 Å². The molecule has 0 atom stereocenters. The average Bonchev–Trinajstić information content (AvgIpc) is 3.29. The van der Waals surface area contributed by atoms with Crippen molar-refractivity contribution >= 4 is 39.1 Å². The van der Waals surface area contributed by atoms with Gasteiger partial charge in [-0.1, -0.05) is 11.8 Å². The zero-order valence-corrected chi connectivity index (χ0v) is 17.5. The Balaban J connectivity index is 1.62. The molecule has 2 aromatic heterocycles. The lowest BCUT2D eigenvalue weighted by atomic mass is 10.1. The van der Waals surface area contributed by atoms with Crippen molar-refractivity contribution in [3.05, 3.63) is 44.6 Å². The molecule has 28 heavy (non-hydrogen) atoms. The number of carbonyl (C=O) groups excluding carboxylic acids is 1. The van der Waals surface area contributed by atoms with Crippen LogP contribution in [0.25, 0.3) is 10.2 Å². The van der Waals surface area contributed by atoms with Crippen LogP contribution in [-0.2, 0) is 19.9 Å². The number of thioether (sulfide) groups is 1. The van der Waals surface area contributed by atoms with E-state index in [0.717, 1.165) is 29.5 Å². The van der Waals surface area contributed by atoms with E-state index in [4.69, 9.17) is 9.47 Å². The molecule has 0 saturated heterocycles. The number of ketones is 1. The van der Waals surface area contributed by atoms with Crippen molar-refractivity contribution in [2.75, 3.05) is 20.0 Å². The van der Waals surface area contributed by atoms with Gasteiger partial charge in [0.2, 0.25) is 0 Å². The van der Waals surface area contributed by atoms with Gasteiger partial charge >= 0.3 is 0 Å². The summed E-state index contributed by atoms with van der Waals surface area (Å²) in [6, 6.07) is 5.13. The molecule has 0 saturated carbocycles. The van der Waals surface area contributed by atoms with Crippen molar-refractivity contribution in [3.63, 3.8) is 0 Å². The predicted molar refractivity (Wildman–Crippen MR) is 111 cm³/mol. The van der Waals surface area contributed by atoms with Crippen LogP contribution in [0.5, 0.6) is 11.5 Å². The van der Waals surface area contributed by atoms with Crippen LogP contribution in [0, 0.1) is 0 Å². The van der Waals surface area contributed by atoms with E-state index in [1.807, 2.05) is 0 Å². The molecule has 1 aromatic carbocycles. The van der Waals surface area contributed by atoms with Gasteiger partial charge < -0.3 is 9.47 Å². The molecule has 0 bridgehead atoms. The third kappa shape index (κ3) is 3.20. The molecule has 1 aliphatic carbocycles. The Morgan fingerprint density at radius 2 is 2.11 bits per heavy atom. The number of ether oxygens (including phenoxy) is 2. The Kier molecular flexibility index (Phi) is 5.16. The number of hydrogen-bond acceptors (Lipinski definition) is 7. The first-order valence-electron chi connectivity index (χ1n) is 8.92. The van der Waals surface area contributed by atoms with E-state index >= 15 is 0 Å². The highest BCUT2D eigenvalue weighted by Crippen LogP contribution is 2.35. The number of thiophene rings is 1. The molecular weight excluding hydrogens is 396 g/mol. The summed E-state index contributed by atoms with van der Waals surface area (Å²) in [5.41, 5.74) is 1.59. The second-order valence-corrected chi connectivity index (χ2v) is 8.60. The minimum atomic E-state index is -0.108. The predicted octanol–water partition coefficient (Wildman–Crippen LogP) is 3.48. The zero-order chi connectivity index (χ0) is 19.8. The van der Waals surface area contributed by atoms with Gasteiger partial charge in [-0.2, -0.15) is 0 Å². The van der Waals surface area contributed by atoms with Gasteiger partial charge in [-0.05, 0) is 43.0 Å². The smallest absolute Gasteiger partial charge is 0.262 e. The number of methoxy groups -OCH3 is 2. The first-order valence-corrected chi connectivity index (χ1v) is 10.7. The van der Waals surface area contributed by atoms with Gasteiger partial charge in [-0.15, -0.1) is 11.3 Å². The summed E-state index contributed by atoms with van der Waals surface area (Å²) < 4.78 is 12.1. The second-order valence-electron chi connectivity index (χ2n) is 6.57. The molecule has 6 nitrogen and oxygen atoms in total. The van der Waals surface area contributed by atoms with Crippen molar-refractivity contribution in [3.8, 4) is 11.5 Å². The minimum Gasteiger partial charge on any atom is -0.497 e. The summed E-state index contributed by atoms with van der Waals surface area (Å²) in [6.07, 6.45) is 3.08. The van der Waals surface area contributed by atoms with Gasteiger partial charge in [-0.3, -0.25) is 14.2 Å². The molecule has 0 radical (unpaired) electrons. The van der Waals surface area contributed by atoms with E-state index in [1.54, 1.807) is 48.3 Å². The zero-order valence-electron chi connectivity index (χ0n) is 15.9. The fourth-order valence-electron chi connectivity index (χ4n) is 3.47. The first kappa shape index (κ1) is 19.0. The van der Waals surface area contributed by atoms with Gasteiger partial charge in [0.1, 0.15) is 16.3 Å². The molecule has 1 aliphatic rings. The Hall–Kier alpha value is -2.32. The molecule has 0 unspecified atom stereocenters. The van der Waals surface area contributed by atoms with Crippen LogP contribution in [0.4, 0.5) is 0 Å².